The van der Waals surface area contributed by atoms with Crippen molar-refractivity contribution in [2.24, 2.45) is 0 Å². The number of hydrogen-bond acceptors (Lipinski definition) is 11. The minimum absolute atomic E-state index is 0.0779. The Kier molecular flexibility index (Phi) is 10.5. The summed E-state index contributed by atoms with van der Waals surface area (Å²) in [6.07, 6.45) is 5.21. The van der Waals surface area contributed by atoms with E-state index in [1.807, 2.05) is 10.8 Å². The molecule has 44 heavy (non-hydrogen) atoms. The molecule has 0 aliphatic carbocycles. The SMILES string of the molecule is CCOC(=O)C1=C(C)NC(C)=C(C(=O)OCCOC(=O)c2ccc(OCCn3ccnc3)cc2)C1c1cccc([N+](=O)[O-])c1. The summed E-state index contributed by atoms with van der Waals surface area (Å²) in [7, 11) is 0. The molecule has 1 atom stereocenters. The van der Waals surface area contributed by atoms with Crippen LogP contribution in [0.15, 0.2) is 89.8 Å². The average molecular weight is 605 g/mol. The van der Waals surface area contributed by atoms with Gasteiger partial charge >= 0.3 is 17.9 Å². The van der Waals surface area contributed by atoms with Gasteiger partial charge in [0.1, 0.15) is 25.6 Å². The summed E-state index contributed by atoms with van der Waals surface area (Å²) in [6, 6.07) is 12.1. The lowest BCUT2D eigenvalue weighted by molar-refractivity contribution is -0.384. The van der Waals surface area contributed by atoms with Gasteiger partial charge in [-0.25, -0.2) is 19.4 Å². The van der Waals surface area contributed by atoms with Gasteiger partial charge in [-0.1, -0.05) is 12.1 Å². The van der Waals surface area contributed by atoms with Gasteiger partial charge in [-0.05, 0) is 50.6 Å². The van der Waals surface area contributed by atoms with E-state index in [0.29, 0.717) is 41.4 Å². The number of imidazole rings is 1. The van der Waals surface area contributed by atoms with E-state index in [2.05, 4.69) is 10.3 Å². The number of allylic oxidation sites excluding steroid dienone is 2. The Morgan fingerprint density at radius 1 is 0.932 bits per heavy atom. The highest BCUT2D eigenvalue weighted by Gasteiger charge is 2.38. The highest BCUT2D eigenvalue weighted by atomic mass is 16.6. The molecule has 0 saturated heterocycles. The molecule has 0 spiro atoms. The molecule has 1 N–H and O–H groups in total. The largest absolute Gasteiger partial charge is 0.492 e. The molecule has 0 saturated carbocycles. The van der Waals surface area contributed by atoms with E-state index < -0.39 is 28.7 Å². The second kappa shape index (κ2) is 14.6. The van der Waals surface area contributed by atoms with Crippen molar-refractivity contribution in [3.8, 4) is 5.75 Å². The van der Waals surface area contributed by atoms with Crippen LogP contribution in [-0.2, 0) is 30.3 Å². The molecule has 0 radical (unpaired) electrons. The lowest BCUT2D eigenvalue weighted by atomic mass is 9.80. The summed E-state index contributed by atoms with van der Waals surface area (Å²) < 4.78 is 23.5. The maximum Gasteiger partial charge on any atom is 0.338 e. The van der Waals surface area contributed by atoms with Crippen molar-refractivity contribution in [2.45, 2.75) is 33.2 Å². The minimum Gasteiger partial charge on any atom is -0.492 e. The molecule has 13 nitrogen and oxygen atoms in total. The zero-order valence-corrected chi connectivity index (χ0v) is 24.5. The highest BCUT2D eigenvalue weighted by molar-refractivity contribution is 6.00. The first-order chi connectivity index (χ1) is 21.2. The molecule has 0 amide bonds. The van der Waals surface area contributed by atoms with Crippen LogP contribution in [0.25, 0.3) is 0 Å². The van der Waals surface area contributed by atoms with Crippen molar-refractivity contribution in [2.75, 3.05) is 26.4 Å². The third kappa shape index (κ3) is 7.68. The topological polar surface area (TPSA) is 161 Å². The van der Waals surface area contributed by atoms with Gasteiger partial charge in [-0.2, -0.15) is 0 Å². The van der Waals surface area contributed by atoms with Crippen molar-refractivity contribution in [1.82, 2.24) is 14.9 Å². The number of carbonyl (C=O) groups excluding carboxylic acids is 3. The van der Waals surface area contributed by atoms with Crippen LogP contribution in [0, 0.1) is 10.1 Å². The number of benzene rings is 2. The van der Waals surface area contributed by atoms with Gasteiger partial charge in [-0.15, -0.1) is 0 Å². The molecule has 1 aromatic heterocycles. The predicted octanol–water partition coefficient (Wildman–Crippen LogP) is 4.07. The van der Waals surface area contributed by atoms with Crippen molar-refractivity contribution in [3.05, 3.63) is 111 Å². The third-order valence-corrected chi connectivity index (χ3v) is 6.71. The van der Waals surface area contributed by atoms with Gasteiger partial charge in [0.15, 0.2) is 0 Å². The number of aromatic nitrogens is 2. The lowest BCUT2D eigenvalue weighted by Crippen LogP contribution is -2.33. The van der Waals surface area contributed by atoms with Crippen molar-refractivity contribution in [3.63, 3.8) is 0 Å². The molecule has 2 aromatic carbocycles. The summed E-state index contributed by atoms with van der Waals surface area (Å²) >= 11 is 0. The number of nitro groups is 1. The van der Waals surface area contributed by atoms with Crippen LogP contribution in [0.3, 0.4) is 0 Å². The molecule has 1 aliphatic heterocycles. The number of carbonyl (C=O) groups is 3. The smallest absolute Gasteiger partial charge is 0.338 e. The molecule has 4 rings (SSSR count). The normalized spacial score (nSPS) is 14.5. The number of nitrogens with zero attached hydrogens (tertiary/aromatic N) is 3. The Morgan fingerprint density at radius 2 is 1.59 bits per heavy atom. The quantitative estimate of drug-likeness (QED) is 0.0984. The van der Waals surface area contributed by atoms with Crippen molar-refractivity contribution >= 4 is 23.6 Å². The molecule has 13 heteroatoms. The van der Waals surface area contributed by atoms with E-state index in [0.717, 1.165) is 0 Å². The van der Waals surface area contributed by atoms with E-state index in [1.54, 1.807) is 63.6 Å². The third-order valence-electron chi connectivity index (χ3n) is 6.71. The monoisotopic (exact) mass is 604 g/mol. The van der Waals surface area contributed by atoms with E-state index in [1.165, 1.54) is 18.2 Å². The van der Waals surface area contributed by atoms with Crippen LogP contribution < -0.4 is 10.1 Å². The van der Waals surface area contributed by atoms with Crippen LogP contribution in [0.5, 0.6) is 5.75 Å². The molecular weight excluding hydrogens is 572 g/mol. The van der Waals surface area contributed by atoms with Crippen LogP contribution in [0.4, 0.5) is 5.69 Å². The number of non-ortho nitro benzene ring substituents is 1. The molecule has 0 fully saturated rings. The van der Waals surface area contributed by atoms with Crippen LogP contribution in [-0.4, -0.2) is 58.8 Å². The fourth-order valence-corrected chi connectivity index (χ4v) is 4.70. The maximum absolute atomic E-state index is 13.4. The van der Waals surface area contributed by atoms with E-state index in [9.17, 15) is 24.5 Å². The number of esters is 3. The second-order valence-electron chi connectivity index (χ2n) is 9.65. The number of nitro benzene ring substituents is 1. The first-order valence-electron chi connectivity index (χ1n) is 13.8. The molecule has 3 aromatic rings. The minimum atomic E-state index is -0.995. The molecule has 0 bridgehead atoms. The molecule has 230 valence electrons. The number of ether oxygens (including phenoxy) is 4. The van der Waals surface area contributed by atoms with Gasteiger partial charge in [-0.3, -0.25) is 10.1 Å². The highest BCUT2D eigenvalue weighted by Crippen LogP contribution is 2.40. The van der Waals surface area contributed by atoms with E-state index in [4.69, 9.17) is 18.9 Å². The standard InChI is InChI=1S/C31H32N4O9/c1-4-41-30(37)26-20(2)33-21(3)27(28(26)23-6-5-7-24(18-23)35(39)40)31(38)44-17-16-43-29(36)22-8-10-25(11-9-22)42-15-14-34-13-12-32-19-34/h5-13,18-19,28,33H,4,14-17H2,1-3H3. The number of hydrogen-bond donors (Lipinski definition) is 1. The van der Waals surface area contributed by atoms with Crippen LogP contribution in [0.1, 0.15) is 42.6 Å². The van der Waals surface area contributed by atoms with Crippen molar-refractivity contribution in [1.29, 1.82) is 0 Å². The molecular formula is C31H32N4O9. The van der Waals surface area contributed by atoms with Gasteiger partial charge in [0.2, 0.25) is 0 Å². The van der Waals surface area contributed by atoms with E-state index in [-0.39, 0.29) is 36.7 Å². The Morgan fingerprint density at radius 3 is 2.20 bits per heavy atom. The molecule has 2 heterocycles. The van der Waals surface area contributed by atoms with Crippen molar-refractivity contribution < 1.29 is 38.3 Å². The summed E-state index contributed by atoms with van der Waals surface area (Å²) in [5, 5.41) is 14.5. The van der Waals surface area contributed by atoms with Crippen LogP contribution in [0.2, 0.25) is 0 Å². The summed E-state index contributed by atoms with van der Waals surface area (Å²) in [5.41, 5.74) is 1.49. The first kappa shape index (κ1) is 31.5. The summed E-state index contributed by atoms with van der Waals surface area (Å²) in [6.45, 7) is 5.59. The second-order valence-corrected chi connectivity index (χ2v) is 9.65. The van der Waals surface area contributed by atoms with Gasteiger partial charge in [0.05, 0.1) is 47.0 Å². The fraction of sp³-hybridized carbons (Fsp3) is 0.290. The van der Waals surface area contributed by atoms with Gasteiger partial charge in [0, 0.05) is 35.9 Å². The Labute approximate surface area is 253 Å². The number of rotatable bonds is 13. The number of dihydropyridines is 1. The molecule has 1 aliphatic rings. The van der Waals surface area contributed by atoms with Gasteiger partial charge in [0.25, 0.3) is 5.69 Å². The Hall–Kier alpha value is -5.46. The Balaban J connectivity index is 1.38. The average Bonchev–Trinajstić information content (AvgIpc) is 3.53. The Bertz CT molecular complexity index is 1580. The summed E-state index contributed by atoms with van der Waals surface area (Å²) in [5.74, 6) is -2.47. The lowest BCUT2D eigenvalue weighted by Gasteiger charge is -2.30. The van der Waals surface area contributed by atoms with E-state index >= 15 is 0 Å². The first-order valence-corrected chi connectivity index (χ1v) is 13.8. The maximum atomic E-state index is 13.4. The zero-order valence-electron chi connectivity index (χ0n) is 24.5. The fourth-order valence-electron chi connectivity index (χ4n) is 4.70. The van der Waals surface area contributed by atoms with Gasteiger partial charge < -0.3 is 28.8 Å². The number of nitrogens with one attached hydrogen (secondary N) is 1. The zero-order chi connectivity index (χ0) is 31.6. The molecule has 1 unspecified atom stereocenters. The summed E-state index contributed by atoms with van der Waals surface area (Å²) in [4.78, 5) is 53.7. The van der Waals surface area contributed by atoms with Crippen LogP contribution >= 0.6 is 0 Å². The predicted molar refractivity (Wildman–Crippen MR) is 156 cm³/mol.